The molecule has 6 saturated heterocycles. The summed E-state index contributed by atoms with van der Waals surface area (Å²) in [7, 11) is 0. The Balaban J connectivity index is 0.846. The van der Waals surface area contributed by atoms with E-state index in [2.05, 4.69) is 291 Å². The molecule has 12 nitrogen and oxygen atoms in total. The van der Waals surface area contributed by atoms with Gasteiger partial charge in [-0.3, -0.25) is 0 Å². The zero-order valence-corrected chi connectivity index (χ0v) is 64.1. The minimum Gasteiger partial charge on any atom is -0.491 e. The molecule has 0 saturated carbocycles. The van der Waals surface area contributed by atoms with Gasteiger partial charge in [-0.1, -0.05) is 182 Å². The smallest absolute Gasteiger partial charge is 0.120 e. The van der Waals surface area contributed by atoms with E-state index in [1.807, 2.05) is 0 Å². The largest absolute Gasteiger partial charge is 0.491 e. The van der Waals surface area contributed by atoms with Gasteiger partial charge in [-0.2, -0.15) is 0 Å². The molecule has 6 aliphatic heterocycles. The molecule has 570 valence electrons. The molecule has 3 aliphatic carbocycles. The molecule has 0 N–H and O–H groups in total. The van der Waals surface area contributed by atoms with E-state index in [9.17, 15) is 0 Å². The normalized spacial score (nSPS) is 22.8. The maximum atomic E-state index is 6.48. The lowest BCUT2D eigenvalue weighted by atomic mass is 9.60. The summed E-state index contributed by atoms with van der Waals surface area (Å²) in [4.78, 5) is 0. The summed E-state index contributed by atoms with van der Waals surface area (Å²) in [5.41, 5.74) is 17.8. The molecule has 0 aromatic heterocycles. The molecule has 9 aliphatic rings. The molecule has 6 unspecified atom stereocenters. The Labute approximate surface area is 675 Å². The van der Waals surface area contributed by atoms with Crippen LogP contribution in [0.1, 0.15) is 66.8 Å². The Hall–Kier alpha value is -12.4. The number of fused-ring (bicyclic) bond motifs is 18. The van der Waals surface area contributed by atoms with Gasteiger partial charge in [0, 0.05) is 0 Å². The molecule has 0 spiro atoms. The Bertz CT molecular complexity index is 5870. The van der Waals surface area contributed by atoms with Gasteiger partial charge in [0.15, 0.2) is 0 Å². The fraction of sp³-hybridized carbons (Fsp3) is 0.200. The molecule has 12 heteroatoms. The minimum atomic E-state index is -1.07. The van der Waals surface area contributed by atoms with E-state index in [1.165, 1.54) is 50.1 Å². The zero-order valence-electron chi connectivity index (χ0n) is 64.1. The zero-order chi connectivity index (χ0) is 76.7. The van der Waals surface area contributed by atoms with Crippen molar-refractivity contribution in [2.45, 2.75) is 52.9 Å². The second-order valence-corrected chi connectivity index (χ2v) is 33.1. The van der Waals surface area contributed by atoms with E-state index in [0.29, 0.717) is 79.3 Å². The van der Waals surface area contributed by atoms with E-state index in [-0.39, 0.29) is 36.6 Å². The highest BCUT2D eigenvalue weighted by Crippen LogP contribution is 2.73. The Morgan fingerprint density at radius 1 is 0.205 bits per heavy atom. The monoisotopic (exact) mass is 1530 g/mol. The van der Waals surface area contributed by atoms with Gasteiger partial charge in [0.25, 0.3) is 0 Å². The quantitative estimate of drug-likeness (QED) is 0.0534. The molecule has 16 aromatic carbocycles. The van der Waals surface area contributed by atoms with Crippen LogP contribution >= 0.6 is 0 Å². The lowest BCUT2D eigenvalue weighted by molar-refractivity contribution is 0.263. The van der Waals surface area contributed by atoms with Crippen LogP contribution in [0, 0.1) is 0 Å². The van der Waals surface area contributed by atoms with E-state index in [0.717, 1.165) is 149 Å². The molecular weight excluding hydrogens is 1450 g/mol. The highest BCUT2D eigenvalue weighted by Gasteiger charge is 2.61. The van der Waals surface area contributed by atoms with E-state index < -0.39 is 16.2 Å². The van der Waals surface area contributed by atoms with E-state index in [4.69, 9.17) is 56.8 Å². The fourth-order valence-corrected chi connectivity index (χ4v) is 19.9. The first kappa shape index (κ1) is 67.9. The summed E-state index contributed by atoms with van der Waals surface area (Å²) in [5.74, 6) is 4.87. The number of hydrogen-bond donors (Lipinski definition) is 0. The van der Waals surface area contributed by atoms with Gasteiger partial charge >= 0.3 is 0 Å². The molecule has 16 aromatic rings. The second kappa shape index (κ2) is 26.3. The average Bonchev–Trinajstić information content (AvgIpc) is 1.46. The molecular formula is C105H78O12. The summed E-state index contributed by atoms with van der Waals surface area (Å²) < 4.78 is 72.8. The van der Waals surface area contributed by atoms with Gasteiger partial charge in [0.1, 0.15) is 111 Å². The summed E-state index contributed by atoms with van der Waals surface area (Å²) in [6.45, 7) is 7.30. The Morgan fingerprint density at radius 2 is 0.376 bits per heavy atom. The molecule has 0 bridgehead atoms. The van der Waals surface area contributed by atoms with Crippen molar-refractivity contribution in [3.8, 4) is 67.9 Å². The van der Waals surface area contributed by atoms with Crippen LogP contribution in [-0.4, -0.2) is 116 Å². The average molecular weight is 1530 g/mol. The van der Waals surface area contributed by atoms with Crippen molar-refractivity contribution >= 4 is 64.6 Å². The minimum absolute atomic E-state index is 0.107. The van der Waals surface area contributed by atoms with Crippen molar-refractivity contribution in [2.24, 2.45) is 0 Å². The third kappa shape index (κ3) is 11.2. The van der Waals surface area contributed by atoms with Crippen molar-refractivity contribution in [1.82, 2.24) is 0 Å². The molecule has 6 heterocycles. The molecule has 6 atom stereocenters. The highest BCUT2D eigenvalue weighted by molar-refractivity contribution is 6.11. The fourth-order valence-electron chi connectivity index (χ4n) is 19.9. The molecule has 25 rings (SSSR count). The third-order valence-corrected chi connectivity index (χ3v) is 25.9. The van der Waals surface area contributed by atoms with Crippen LogP contribution in [0.4, 0.5) is 0 Å². The maximum Gasteiger partial charge on any atom is 0.120 e. The summed E-state index contributed by atoms with van der Waals surface area (Å²) in [5, 5.41) is 13.0. The number of hydrogen-bond acceptors (Lipinski definition) is 12. The van der Waals surface area contributed by atoms with Crippen molar-refractivity contribution in [2.75, 3.05) is 79.3 Å². The van der Waals surface area contributed by atoms with Crippen LogP contribution in [0.15, 0.2) is 291 Å². The first-order valence-electron chi connectivity index (χ1n) is 41.1. The summed E-state index contributed by atoms with van der Waals surface area (Å²) >= 11 is 0. The van der Waals surface area contributed by atoms with Crippen LogP contribution in [0.3, 0.4) is 0 Å². The van der Waals surface area contributed by atoms with Gasteiger partial charge in [-0.15, -0.1) is 0 Å². The maximum absolute atomic E-state index is 6.48. The lowest BCUT2D eigenvalue weighted by Gasteiger charge is -2.40. The number of epoxide rings is 6. The van der Waals surface area contributed by atoms with E-state index >= 15 is 0 Å². The standard InChI is InChI=1S/C105H78O12/c1-4-10-94-91(7-1)97-100(103(94,73-25-13-67-43-79(31-19-61(67)37-73)106-49-85-55-112-85)74-26-14-68-44-80(32-20-62(68)38-74)107-50-86-56-113-86)98-93-9-3-6-12-96(93)105(77-29-17-71-47-83(35-23-65(71)41-77)110-53-89-59-116-89,78-30-18-72-48-84(36-24-66(72)42-78)111-54-90-60-117-90)102(98)99-92-8-2-5-11-95(92)104(101(97)99,75-27-15-69-45-81(33-21-63(69)39-75)108-51-87-57-114-87)76-28-16-70-46-82(34-22-64(70)40-76)109-52-88-58-115-88/h1-48,85-90H,49-60H2. The van der Waals surface area contributed by atoms with Crippen molar-refractivity contribution < 1.29 is 56.8 Å². The number of benzene rings is 16. The van der Waals surface area contributed by atoms with Crippen LogP contribution < -0.4 is 28.4 Å². The predicted molar refractivity (Wildman–Crippen MR) is 455 cm³/mol. The van der Waals surface area contributed by atoms with Gasteiger partial charge < -0.3 is 56.8 Å². The molecule has 117 heavy (non-hydrogen) atoms. The van der Waals surface area contributed by atoms with Crippen LogP contribution in [0.5, 0.6) is 34.5 Å². The topological polar surface area (TPSA) is 131 Å². The van der Waals surface area contributed by atoms with Crippen LogP contribution in [0.25, 0.3) is 98.0 Å². The predicted octanol–water partition coefficient (Wildman–Crippen LogP) is 20.4. The molecule has 0 amide bonds. The van der Waals surface area contributed by atoms with Gasteiger partial charge in [0.2, 0.25) is 0 Å². The SMILES string of the molecule is c1ccc2c(c1)-c1c(c3c(c4c1C(c1ccc5cc(OCC6CO6)ccc5c1)(c1ccc5cc(OCC6CO6)ccc5c1)c1ccccc1-4)C(c1ccc4cc(OCC5CO5)ccc4c1)(c1ccc4cc(OCC5CO5)ccc4c1)c1ccccc1-3)C2(c1ccc2cc(OCC3CO3)ccc2c1)c1ccc2cc(OCC3CO3)ccc2c1. The van der Waals surface area contributed by atoms with Crippen LogP contribution in [-0.2, 0) is 44.7 Å². The van der Waals surface area contributed by atoms with Crippen molar-refractivity contribution in [3.63, 3.8) is 0 Å². The highest BCUT2D eigenvalue weighted by atomic mass is 16.6. The third-order valence-electron chi connectivity index (χ3n) is 25.9. The summed E-state index contributed by atoms with van der Waals surface area (Å²) in [6, 6.07) is 111. The van der Waals surface area contributed by atoms with Crippen LogP contribution in [0.2, 0.25) is 0 Å². The van der Waals surface area contributed by atoms with Crippen molar-refractivity contribution in [1.29, 1.82) is 0 Å². The number of rotatable bonds is 24. The first-order chi connectivity index (χ1) is 57.8. The summed E-state index contributed by atoms with van der Waals surface area (Å²) in [6.07, 6.45) is 0.643. The van der Waals surface area contributed by atoms with Gasteiger partial charge in [0.05, 0.1) is 55.9 Å². The van der Waals surface area contributed by atoms with E-state index in [1.54, 1.807) is 0 Å². The molecule has 6 fully saturated rings. The Kier molecular flexibility index (Phi) is 15.3. The lowest BCUT2D eigenvalue weighted by Crippen LogP contribution is -2.33. The molecule has 0 radical (unpaired) electrons. The van der Waals surface area contributed by atoms with Gasteiger partial charge in [-0.25, -0.2) is 0 Å². The first-order valence-corrected chi connectivity index (χ1v) is 41.1. The van der Waals surface area contributed by atoms with Gasteiger partial charge in [-0.05, 0) is 274 Å². The Morgan fingerprint density at radius 3 is 0.564 bits per heavy atom. The number of ether oxygens (including phenoxy) is 12. The van der Waals surface area contributed by atoms with Crippen molar-refractivity contribution in [3.05, 3.63) is 358 Å². The second-order valence-electron chi connectivity index (χ2n) is 33.1.